The van der Waals surface area contributed by atoms with Gasteiger partial charge in [0, 0.05) is 18.5 Å². The number of piperidine rings is 1. The number of hydrogen-bond donors (Lipinski definition) is 1. The van der Waals surface area contributed by atoms with Crippen LogP contribution in [0.1, 0.15) is 25.3 Å². The van der Waals surface area contributed by atoms with E-state index in [0.717, 1.165) is 34.0 Å². The van der Waals surface area contributed by atoms with Crippen molar-refractivity contribution in [1.82, 2.24) is 15.3 Å². The molecule has 0 bridgehead atoms. The quantitative estimate of drug-likeness (QED) is 0.604. The first-order chi connectivity index (χ1) is 14.0. The van der Waals surface area contributed by atoms with Crippen LogP contribution >= 0.6 is 11.8 Å². The second-order valence-electron chi connectivity index (χ2n) is 6.84. The van der Waals surface area contributed by atoms with Crippen LogP contribution in [0.15, 0.2) is 29.4 Å². The average Bonchev–Trinajstić information content (AvgIpc) is 3.04. The van der Waals surface area contributed by atoms with Gasteiger partial charge in [0.15, 0.2) is 0 Å². The van der Waals surface area contributed by atoms with Crippen molar-refractivity contribution in [3.05, 3.63) is 35.0 Å². The standard InChI is InChI=1S/C20H20N4O4S/c1-2-28-19(26)13-5-7-24(8-6-13)17-14-9-12(3-4-15(14)21-11-22-17)10-16-18(25)23-20(27)29-16/h3-4,9-11,13H,2,5-8H2,1H3,(H,23,25,27). The molecule has 9 heteroatoms. The predicted octanol–water partition coefficient (Wildman–Crippen LogP) is 2.73. The van der Waals surface area contributed by atoms with Crippen molar-refractivity contribution in [3.8, 4) is 0 Å². The molecule has 2 saturated heterocycles. The molecule has 0 radical (unpaired) electrons. The number of esters is 1. The van der Waals surface area contributed by atoms with Gasteiger partial charge >= 0.3 is 5.97 Å². The minimum Gasteiger partial charge on any atom is -0.466 e. The average molecular weight is 412 g/mol. The number of aromatic nitrogens is 2. The van der Waals surface area contributed by atoms with Gasteiger partial charge in [-0.05, 0) is 55.3 Å². The van der Waals surface area contributed by atoms with Gasteiger partial charge in [0.25, 0.3) is 11.1 Å². The Morgan fingerprint density at radius 2 is 2.10 bits per heavy atom. The van der Waals surface area contributed by atoms with Gasteiger partial charge in [-0.2, -0.15) is 0 Å². The van der Waals surface area contributed by atoms with Crippen LogP contribution < -0.4 is 10.2 Å². The van der Waals surface area contributed by atoms with Gasteiger partial charge in [-0.15, -0.1) is 0 Å². The highest BCUT2D eigenvalue weighted by Crippen LogP contribution is 2.30. The van der Waals surface area contributed by atoms with Crippen molar-refractivity contribution in [1.29, 1.82) is 0 Å². The number of carbonyl (C=O) groups excluding carboxylic acids is 3. The number of amides is 2. The molecule has 150 valence electrons. The summed E-state index contributed by atoms with van der Waals surface area (Å²) in [4.78, 5) is 46.5. The van der Waals surface area contributed by atoms with Crippen LogP contribution in [0.4, 0.5) is 10.6 Å². The molecule has 0 unspecified atom stereocenters. The van der Waals surface area contributed by atoms with Crippen LogP contribution in [0.5, 0.6) is 0 Å². The number of ether oxygens (including phenoxy) is 1. The molecule has 2 aliphatic heterocycles. The van der Waals surface area contributed by atoms with Crippen LogP contribution in [-0.4, -0.2) is 46.8 Å². The van der Waals surface area contributed by atoms with Crippen molar-refractivity contribution in [3.63, 3.8) is 0 Å². The van der Waals surface area contributed by atoms with E-state index in [9.17, 15) is 14.4 Å². The van der Waals surface area contributed by atoms with Crippen LogP contribution in [0, 0.1) is 5.92 Å². The zero-order valence-corrected chi connectivity index (χ0v) is 16.7. The third-order valence-corrected chi connectivity index (χ3v) is 5.80. The molecular formula is C20H20N4O4S. The summed E-state index contributed by atoms with van der Waals surface area (Å²) in [5.74, 6) is 0.216. The van der Waals surface area contributed by atoms with Crippen LogP contribution in [0.3, 0.4) is 0 Å². The van der Waals surface area contributed by atoms with E-state index in [1.807, 2.05) is 25.1 Å². The van der Waals surface area contributed by atoms with Crippen molar-refractivity contribution in [2.45, 2.75) is 19.8 Å². The van der Waals surface area contributed by atoms with E-state index in [0.29, 0.717) is 37.4 Å². The fraction of sp³-hybridized carbons (Fsp3) is 0.350. The summed E-state index contributed by atoms with van der Waals surface area (Å²) in [6.45, 7) is 3.62. The van der Waals surface area contributed by atoms with Gasteiger partial charge in [-0.1, -0.05) is 6.07 Å². The number of rotatable bonds is 4. The highest BCUT2D eigenvalue weighted by Gasteiger charge is 2.28. The molecule has 2 aromatic rings. The number of hydrogen-bond acceptors (Lipinski definition) is 8. The summed E-state index contributed by atoms with van der Waals surface area (Å²) in [7, 11) is 0. The Bertz CT molecular complexity index is 1010. The third kappa shape index (κ3) is 4.09. The van der Waals surface area contributed by atoms with Crippen molar-refractivity contribution in [2.24, 2.45) is 5.92 Å². The summed E-state index contributed by atoms with van der Waals surface area (Å²) in [6, 6.07) is 5.65. The number of thioether (sulfide) groups is 1. The molecule has 4 rings (SSSR count). The molecular weight excluding hydrogens is 392 g/mol. The van der Waals surface area contributed by atoms with Gasteiger partial charge in [0.05, 0.1) is 22.9 Å². The first-order valence-electron chi connectivity index (χ1n) is 9.46. The van der Waals surface area contributed by atoms with Gasteiger partial charge in [-0.25, -0.2) is 9.97 Å². The van der Waals surface area contributed by atoms with Crippen LogP contribution in [-0.2, 0) is 14.3 Å². The maximum Gasteiger partial charge on any atom is 0.309 e. The largest absolute Gasteiger partial charge is 0.466 e. The van der Waals surface area contributed by atoms with E-state index in [-0.39, 0.29) is 23.0 Å². The van der Waals surface area contributed by atoms with Gasteiger partial charge in [0.2, 0.25) is 0 Å². The van der Waals surface area contributed by atoms with E-state index >= 15 is 0 Å². The molecule has 1 N–H and O–H groups in total. The molecule has 2 fully saturated rings. The molecule has 0 aliphatic carbocycles. The fourth-order valence-corrected chi connectivity index (χ4v) is 4.24. The summed E-state index contributed by atoms with van der Waals surface area (Å²) >= 11 is 0.889. The number of fused-ring (bicyclic) bond motifs is 1. The molecule has 2 aliphatic rings. The smallest absolute Gasteiger partial charge is 0.309 e. The van der Waals surface area contributed by atoms with E-state index in [1.54, 1.807) is 6.08 Å². The van der Waals surface area contributed by atoms with Crippen LogP contribution in [0.2, 0.25) is 0 Å². The second kappa shape index (κ2) is 8.20. The third-order valence-electron chi connectivity index (χ3n) is 4.99. The summed E-state index contributed by atoms with van der Waals surface area (Å²) in [6.07, 6.45) is 4.65. The SMILES string of the molecule is CCOC(=O)C1CCN(c2ncnc3ccc(C=C4SC(=O)NC4=O)cc23)CC1. The molecule has 3 heterocycles. The lowest BCUT2D eigenvalue weighted by Gasteiger charge is -2.32. The highest BCUT2D eigenvalue weighted by molar-refractivity contribution is 8.18. The molecule has 0 saturated carbocycles. The van der Waals surface area contributed by atoms with E-state index in [2.05, 4.69) is 20.2 Å². The molecule has 29 heavy (non-hydrogen) atoms. The Hall–Kier alpha value is -2.94. The van der Waals surface area contributed by atoms with Gasteiger partial charge in [-0.3, -0.25) is 19.7 Å². The Balaban J connectivity index is 1.59. The molecule has 1 aromatic heterocycles. The lowest BCUT2D eigenvalue weighted by molar-refractivity contribution is -0.148. The Kier molecular flexibility index (Phi) is 5.48. The van der Waals surface area contributed by atoms with Crippen LogP contribution in [0.25, 0.3) is 17.0 Å². The van der Waals surface area contributed by atoms with Gasteiger partial charge < -0.3 is 9.64 Å². The maximum absolute atomic E-state index is 12.0. The summed E-state index contributed by atoms with van der Waals surface area (Å²) in [5.41, 5.74) is 1.59. The highest BCUT2D eigenvalue weighted by atomic mass is 32.2. The second-order valence-corrected chi connectivity index (χ2v) is 7.85. The normalized spacial score (nSPS) is 19.1. The van der Waals surface area contributed by atoms with E-state index < -0.39 is 0 Å². The minimum absolute atomic E-state index is 0.0740. The minimum atomic E-state index is -0.384. The Morgan fingerprint density at radius 3 is 2.79 bits per heavy atom. The predicted molar refractivity (Wildman–Crippen MR) is 110 cm³/mol. The maximum atomic E-state index is 12.0. The molecule has 1 aromatic carbocycles. The lowest BCUT2D eigenvalue weighted by Crippen LogP contribution is -2.37. The Morgan fingerprint density at radius 1 is 1.31 bits per heavy atom. The number of anilines is 1. The monoisotopic (exact) mass is 412 g/mol. The molecule has 0 spiro atoms. The summed E-state index contributed by atoms with van der Waals surface area (Å²) in [5, 5.41) is 2.76. The lowest BCUT2D eigenvalue weighted by atomic mass is 9.96. The van der Waals surface area contributed by atoms with Crippen molar-refractivity contribution >= 4 is 51.7 Å². The first kappa shape index (κ1) is 19.4. The number of imide groups is 1. The fourth-order valence-electron chi connectivity index (χ4n) is 3.56. The number of nitrogens with zero attached hydrogens (tertiary/aromatic N) is 3. The van der Waals surface area contributed by atoms with E-state index in [1.165, 1.54) is 6.33 Å². The number of carbonyl (C=O) groups is 3. The van der Waals surface area contributed by atoms with Crippen molar-refractivity contribution < 1.29 is 19.1 Å². The summed E-state index contributed by atoms with van der Waals surface area (Å²) < 4.78 is 5.14. The van der Waals surface area contributed by atoms with Gasteiger partial charge in [0.1, 0.15) is 12.1 Å². The van der Waals surface area contributed by atoms with E-state index in [4.69, 9.17) is 4.74 Å². The Labute approximate surface area is 171 Å². The number of nitrogens with one attached hydrogen (secondary N) is 1. The zero-order valence-electron chi connectivity index (χ0n) is 15.9. The number of benzene rings is 1. The molecule has 2 amide bonds. The van der Waals surface area contributed by atoms with Crippen molar-refractivity contribution in [2.75, 3.05) is 24.6 Å². The molecule has 0 atom stereocenters. The zero-order chi connectivity index (χ0) is 20.4. The first-order valence-corrected chi connectivity index (χ1v) is 10.3. The molecule has 8 nitrogen and oxygen atoms in total. The topological polar surface area (TPSA) is 101 Å².